The maximum Gasteiger partial charge on any atom is 0.336 e. The monoisotopic (exact) mass is 1070 g/mol. The molecule has 0 aliphatic carbocycles. The summed E-state index contributed by atoms with van der Waals surface area (Å²) in [7, 11) is 0. The summed E-state index contributed by atoms with van der Waals surface area (Å²) in [5.74, 6) is 1.17. The zero-order valence-electron chi connectivity index (χ0n) is 45.4. The van der Waals surface area contributed by atoms with Gasteiger partial charge in [0.25, 0.3) is 0 Å². The number of hydrogen-bond acceptors (Lipinski definition) is 14. The van der Waals surface area contributed by atoms with Crippen molar-refractivity contribution in [2.75, 3.05) is 51.1 Å². The van der Waals surface area contributed by atoms with Gasteiger partial charge in [0.05, 0.1) is 39.6 Å². The van der Waals surface area contributed by atoms with Crippen LogP contribution in [0.15, 0.2) is 158 Å². The topological polar surface area (TPSA) is 194 Å². The van der Waals surface area contributed by atoms with Crippen molar-refractivity contribution in [1.82, 2.24) is 0 Å². The number of nitrogen functional groups attached to an aromatic ring is 2. The van der Waals surface area contributed by atoms with E-state index in [0.29, 0.717) is 97.6 Å². The first-order valence-corrected chi connectivity index (χ1v) is 27.2. The maximum absolute atomic E-state index is 14.4. The van der Waals surface area contributed by atoms with Crippen LogP contribution >= 0.6 is 0 Å². The second-order valence-electron chi connectivity index (χ2n) is 19.0. The van der Waals surface area contributed by atoms with Crippen LogP contribution in [0.3, 0.4) is 0 Å². The van der Waals surface area contributed by atoms with E-state index in [1.54, 1.807) is 133 Å². The highest BCUT2D eigenvalue weighted by atomic mass is 16.6. The smallest absolute Gasteiger partial charge is 0.336 e. The second kappa shape index (κ2) is 32.9. The summed E-state index contributed by atoms with van der Waals surface area (Å²) in [6, 6.07) is 42.6. The number of esters is 4. The predicted molar refractivity (Wildman–Crippen MR) is 308 cm³/mol. The molecule has 0 amide bonds. The summed E-state index contributed by atoms with van der Waals surface area (Å²) < 4.78 is 46.1. The van der Waals surface area contributed by atoms with Gasteiger partial charge in [-0.1, -0.05) is 88.1 Å². The van der Waals surface area contributed by atoms with Crippen molar-refractivity contribution in [3.8, 4) is 34.5 Å². The zero-order valence-corrected chi connectivity index (χ0v) is 45.4. The van der Waals surface area contributed by atoms with Crippen molar-refractivity contribution in [3.63, 3.8) is 0 Å². The molecular weight excluding hydrogens is 1000 g/mol. The van der Waals surface area contributed by atoms with Crippen molar-refractivity contribution in [3.05, 3.63) is 180 Å². The minimum Gasteiger partial charge on any atom is -0.494 e. The van der Waals surface area contributed by atoms with Crippen molar-refractivity contribution < 1.29 is 57.1 Å². The number of anilines is 2. The van der Waals surface area contributed by atoms with E-state index in [4.69, 9.17) is 49.4 Å². The fourth-order valence-corrected chi connectivity index (χ4v) is 8.07. The average Bonchev–Trinajstić information content (AvgIpc) is 3.55. The van der Waals surface area contributed by atoms with Crippen LogP contribution in [0.25, 0.3) is 12.2 Å². The molecule has 0 spiro atoms. The van der Waals surface area contributed by atoms with Gasteiger partial charge >= 0.3 is 23.9 Å². The highest BCUT2D eigenvalue weighted by molar-refractivity contribution is 6.01. The molecule has 0 saturated heterocycles. The number of ether oxygens (including phenoxy) is 8. The van der Waals surface area contributed by atoms with E-state index in [1.807, 2.05) is 24.3 Å². The van der Waals surface area contributed by atoms with Crippen LogP contribution in [-0.4, -0.2) is 63.5 Å². The Morgan fingerprint density at radius 3 is 1.00 bits per heavy atom. The highest BCUT2D eigenvalue weighted by Gasteiger charge is 2.49. The Morgan fingerprint density at radius 2 is 0.671 bits per heavy atom. The van der Waals surface area contributed by atoms with Gasteiger partial charge in [-0.05, 0) is 183 Å². The molecule has 0 heterocycles. The molecule has 14 heteroatoms. The molecule has 416 valence electrons. The number of rotatable bonds is 34. The van der Waals surface area contributed by atoms with Gasteiger partial charge in [0, 0.05) is 23.5 Å². The number of hydrogen-bond donors (Lipinski definition) is 2. The van der Waals surface area contributed by atoms with E-state index in [2.05, 4.69) is 13.8 Å². The molecule has 0 fully saturated rings. The quantitative estimate of drug-likeness (QED) is 0.00967. The minimum atomic E-state index is -1.73. The summed E-state index contributed by atoms with van der Waals surface area (Å²) in [4.78, 5) is 53.8. The minimum absolute atomic E-state index is 0.00610. The van der Waals surface area contributed by atoms with Crippen LogP contribution in [0.4, 0.5) is 11.4 Å². The molecule has 0 bridgehead atoms. The lowest BCUT2D eigenvalue weighted by Crippen LogP contribution is -2.46. The van der Waals surface area contributed by atoms with Crippen LogP contribution in [0.1, 0.15) is 100 Å². The molecule has 0 atom stereocenters. The Kier molecular flexibility index (Phi) is 24.9. The van der Waals surface area contributed by atoms with Crippen molar-refractivity contribution in [2.24, 2.45) is 5.41 Å². The van der Waals surface area contributed by atoms with Crippen LogP contribution < -0.4 is 39.9 Å². The first kappa shape index (κ1) is 59.7. The summed E-state index contributed by atoms with van der Waals surface area (Å²) in [5.41, 5.74) is 14.4. The third-order valence-corrected chi connectivity index (χ3v) is 12.5. The van der Waals surface area contributed by atoms with Gasteiger partial charge in [-0.15, -0.1) is 0 Å². The molecule has 0 unspecified atom stereocenters. The molecule has 6 rings (SSSR count). The summed E-state index contributed by atoms with van der Waals surface area (Å²) in [6.45, 7) is 6.38. The van der Waals surface area contributed by atoms with Gasteiger partial charge in [0.2, 0.25) is 0 Å². The standard InChI is InChI=1S/C65H74N2O12/c1-3-5-7-41-72-57-31-35-59(36-32-57)78-61(68)39-21-49-17-27-55(28-18-49)74-43-9-11-45-76-63(70)65(47-51-13-23-53(66)24-14-51,48-52-15-25-54(67)26-16-52)64(71)77-46-12-10-44-75-56-29-19-50(20-30-56)22-40-62(69)79-60-37-33-58(34-38-60)73-42-8-6-4-2/h13-40H,3-12,41-48,66-67H2,1-2H3. The van der Waals surface area contributed by atoms with Gasteiger partial charge in [0.15, 0.2) is 5.41 Å². The average molecular weight is 1080 g/mol. The van der Waals surface area contributed by atoms with Crippen LogP contribution in [0.5, 0.6) is 34.5 Å². The molecule has 6 aromatic carbocycles. The fourth-order valence-electron chi connectivity index (χ4n) is 8.07. The molecule has 0 aliphatic rings. The maximum atomic E-state index is 14.4. The second-order valence-corrected chi connectivity index (χ2v) is 19.0. The van der Waals surface area contributed by atoms with E-state index in [-0.39, 0.29) is 26.1 Å². The van der Waals surface area contributed by atoms with E-state index in [0.717, 1.165) is 61.2 Å². The SMILES string of the molecule is CCCCCOc1ccc(OC(=O)C=Cc2ccc(OCCCCOC(=O)C(Cc3ccc(N)cc3)(Cc3ccc(N)cc3)C(=O)OCCCCOc3ccc(C=CC(=O)Oc4ccc(OCCCCC)cc4)cc3)cc2)cc1. The lowest BCUT2D eigenvalue weighted by atomic mass is 9.76. The number of carbonyl (C=O) groups is 4. The Balaban J connectivity index is 0.952. The lowest BCUT2D eigenvalue weighted by molar-refractivity contribution is -0.173. The Hall–Kier alpha value is -8.52. The molecule has 6 aromatic rings. The Bertz CT molecular complexity index is 2630. The van der Waals surface area contributed by atoms with Crippen molar-refractivity contribution in [2.45, 2.75) is 90.9 Å². The largest absolute Gasteiger partial charge is 0.494 e. The fraction of sp³-hybridized carbons (Fsp3) is 0.323. The first-order valence-electron chi connectivity index (χ1n) is 27.2. The zero-order chi connectivity index (χ0) is 55.9. The molecule has 0 aliphatic heterocycles. The molecule has 14 nitrogen and oxygen atoms in total. The van der Waals surface area contributed by atoms with Crippen molar-refractivity contribution >= 4 is 47.4 Å². The van der Waals surface area contributed by atoms with Crippen LogP contribution in [0, 0.1) is 5.41 Å². The molecule has 4 N–H and O–H groups in total. The lowest BCUT2D eigenvalue weighted by Gasteiger charge is -2.30. The molecular formula is C65H74N2O12. The van der Waals surface area contributed by atoms with Gasteiger partial charge in [-0.3, -0.25) is 9.59 Å². The third-order valence-electron chi connectivity index (χ3n) is 12.5. The van der Waals surface area contributed by atoms with E-state index < -0.39 is 29.3 Å². The normalized spacial score (nSPS) is 11.3. The van der Waals surface area contributed by atoms with Gasteiger partial charge in [-0.2, -0.15) is 0 Å². The highest BCUT2D eigenvalue weighted by Crippen LogP contribution is 2.33. The van der Waals surface area contributed by atoms with E-state index >= 15 is 0 Å². The van der Waals surface area contributed by atoms with Gasteiger partial charge in [-0.25, -0.2) is 9.59 Å². The Morgan fingerprint density at radius 1 is 0.380 bits per heavy atom. The summed E-state index contributed by atoms with van der Waals surface area (Å²) in [6.07, 6.45) is 14.6. The number of nitrogens with two attached hydrogens (primary N) is 2. The number of unbranched alkanes of at least 4 members (excludes halogenated alkanes) is 6. The van der Waals surface area contributed by atoms with Crippen LogP contribution in [-0.2, 0) is 41.5 Å². The van der Waals surface area contributed by atoms with E-state index in [9.17, 15) is 19.2 Å². The molecule has 0 saturated carbocycles. The molecule has 0 radical (unpaired) electrons. The summed E-state index contributed by atoms with van der Waals surface area (Å²) >= 11 is 0. The third kappa shape index (κ3) is 21.4. The van der Waals surface area contributed by atoms with E-state index in [1.165, 1.54) is 12.2 Å². The Labute approximate surface area is 464 Å². The number of benzene rings is 6. The van der Waals surface area contributed by atoms with Crippen molar-refractivity contribution in [1.29, 1.82) is 0 Å². The predicted octanol–water partition coefficient (Wildman–Crippen LogP) is 12.8. The molecule has 0 aromatic heterocycles. The first-order chi connectivity index (χ1) is 38.5. The van der Waals surface area contributed by atoms with Gasteiger partial charge in [0.1, 0.15) is 34.5 Å². The van der Waals surface area contributed by atoms with Gasteiger partial charge < -0.3 is 49.4 Å². The van der Waals surface area contributed by atoms with Crippen LogP contribution in [0.2, 0.25) is 0 Å². The molecule has 79 heavy (non-hydrogen) atoms. The summed E-state index contributed by atoms with van der Waals surface area (Å²) in [5, 5.41) is 0. The number of carbonyl (C=O) groups excluding carboxylic acids is 4.